The minimum absolute atomic E-state index is 0.0392. The minimum Gasteiger partial charge on any atom is -0.332 e. The second-order valence-corrected chi connectivity index (χ2v) is 3.80. The third-order valence-corrected chi connectivity index (χ3v) is 2.22. The van der Waals surface area contributed by atoms with Crippen molar-refractivity contribution < 1.29 is 4.79 Å². The summed E-state index contributed by atoms with van der Waals surface area (Å²) in [6, 6.07) is 2.94. The number of carbonyl (C=O) groups excluding carboxylic acids is 1. The van der Waals surface area contributed by atoms with E-state index in [0.717, 1.165) is 13.1 Å². The normalized spacial score (nSPS) is 16.7. The molecular formula is C11H17NO. The van der Waals surface area contributed by atoms with Crippen molar-refractivity contribution in [2.24, 2.45) is 5.92 Å². The topological polar surface area (TPSA) is 20.3 Å². The number of hydrogen-bond acceptors (Lipinski definition) is 2. The van der Waals surface area contributed by atoms with Crippen molar-refractivity contribution in [3.05, 3.63) is 0 Å². The number of rotatable bonds is 1. The smallest absolute Gasteiger partial charge is 0.209 e. The predicted molar refractivity (Wildman–Crippen MR) is 53.0 cm³/mol. The first-order valence-corrected chi connectivity index (χ1v) is 5.00. The second kappa shape index (κ2) is 4.91. The summed E-state index contributed by atoms with van der Waals surface area (Å²) < 4.78 is 0. The number of carbonyl (C=O) groups is 1. The number of likely N-dealkylation sites (tertiary alicyclic amines) is 1. The minimum atomic E-state index is 0.0392. The second-order valence-electron chi connectivity index (χ2n) is 3.80. The van der Waals surface area contributed by atoms with Crippen LogP contribution in [0.4, 0.5) is 0 Å². The molecule has 2 heteroatoms. The van der Waals surface area contributed by atoms with Crippen LogP contribution in [0.5, 0.6) is 0 Å². The molecule has 0 amide bonds. The summed E-state index contributed by atoms with van der Waals surface area (Å²) >= 11 is 0. The largest absolute Gasteiger partial charge is 0.332 e. The van der Waals surface area contributed by atoms with Crippen molar-refractivity contribution >= 4 is 5.78 Å². The van der Waals surface area contributed by atoms with Gasteiger partial charge in [-0.2, -0.15) is 0 Å². The predicted octanol–water partition coefficient (Wildman–Crippen LogP) is 1.66. The highest BCUT2D eigenvalue weighted by Gasteiger charge is 2.06. The number of piperidine rings is 1. The van der Waals surface area contributed by atoms with Crippen LogP contribution in [0.15, 0.2) is 0 Å². The summed E-state index contributed by atoms with van der Waals surface area (Å²) in [6.07, 6.45) is 3.73. The molecule has 0 saturated carbocycles. The zero-order valence-corrected chi connectivity index (χ0v) is 8.47. The quantitative estimate of drug-likeness (QED) is 0.570. The fourth-order valence-electron chi connectivity index (χ4n) is 1.28. The van der Waals surface area contributed by atoms with Crippen molar-refractivity contribution in [2.45, 2.75) is 33.1 Å². The lowest BCUT2D eigenvalue weighted by molar-refractivity contribution is -0.116. The third kappa shape index (κ3) is 3.50. The van der Waals surface area contributed by atoms with Gasteiger partial charge in [0.05, 0.1) is 0 Å². The van der Waals surface area contributed by atoms with E-state index in [-0.39, 0.29) is 11.7 Å². The average Bonchev–Trinajstić information content (AvgIpc) is 2.15. The molecule has 0 atom stereocenters. The molecule has 13 heavy (non-hydrogen) atoms. The van der Waals surface area contributed by atoms with Crippen LogP contribution in [0.3, 0.4) is 0 Å². The molecule has 0 aromatic rings. The molecule has 2 nitrogen and oxygen atoms in total. The van der Waals surface area contributed by atoms with Gasteiger partial charge in [-0.15, -0.1) is 0 Å². The van der Waals surface area contributed by atoms with Crippen molar-refractivity contribution in [3.8, 4) is 12.0 Å². The van der Waals surface area contributed by atoms with Crippen molar-refractivity contribution in [2.75, 3.05) is 13.1 Å². The average molecular weight is 179 g/mol. The van der Waals surface area contributed by atoms with Crippen molar-refractivity contribution in [1.82, 2.24) is 4.90 Å². The SMILES string of the molecule is CC(C)C(=O)C#CN1CCCCC1. The van der Waals surface area contributed by atoms with Gasteiger partial charge in [-0.25, -0.2) is 0 Å². The summed E-state index contributed by atoms with van der Waals surface area (Å²) in [5.41, 5.74) is 0. The maximum atomic E-state index is 11.2. The molecule has 72 valence electrons. The zero-order chi connectivity index (χ0) is 9.68. The van der Waals surface area contributed by atoms with Gasteiger partial charge in [0, 0.05) is 25.1 Å². The Morgan fingerprint density at radius 3 is 2.38 bits per heavy atom. The lowest BCUT2D eigenvalue weighted by Gasteiger charge is -2.21. The molecule has 1 heterocycles. The highest BCUT2D eigenvalue weighted by molar-refractivity contribution is 5.96. The van der Waals surface area contributed by atoms with E-state index >= 15 is 0 Å². The van der Waals surface area contributed by atoms with Gasteiger partial charge in [0.15, 0.2) is 0 Å². The van der Waals surface area contributed by atoms with Crippen LogP contribution < -0.4 is 0 Å². The van der Waals surface area contributed by atoms with E-state index in [4.69, 9.17) is 0 Å². The van der Waals surface area contributed by atoms with Crippen LogP contribution in [-0.4, -0.2) is 23.8 Å². The Bertz CT molecular complexity index is 228. The molecule has 0 bridgehead atoms. The molecule has 0 radical (unpaired) electrons. The van der Waals surface area contributed by atoms with E-state index < -0.39 is 0 Å². The molecule has 1 saturated heterocycles. The monoisotopic (exact) mass is 179 g/mol. The summed E-state index contributed by atoms with van der Waals surface area (Å²) in [6.45, 7) is 5.82. The first kappa shape index (κ1) is 10.1. The van der Waals surface area contributed by atoms with Gasteiger partial charge in [0.1, 0.15) is 0 Å². The summed E-state index contributed by atoms with van der Waals surface area (Å²) in [5, 5.41) is 0. The van der Waals surface area contributed by atoms with E-state index in [9.17, 15) is 4.79 Å². The fraction of sp³-hybridized carbons (Fsp3) is 0.727. The molecule has 1 aliphatic rings. The Hall–Kier alpha value is -0.970. The highest BCUT2D eigenvalue weighted by atomic mass is 16.1. The van der Waals surface area contributed by atoms with Gasteiger partial charge in [0.2, 0.25) is 5.78 Å². The van der Waals surface area contributed by atoms with E-state index in [1.54, 1.807) is 0 Å². The number of nitrogens with zero attached hydrogens (tertiary/aromatic N) is 1. The van der Waals surface area contributed by atoms with Gasteiger partial charge < -0.3 is 4.90 Å². The molecule has 0 aromatic heterocycles. The molecule has 0 aromatic carbocycles. The van der Waals surface area contributed by atoms with Crippen LogP contribution >= 0.6 is 0 Å². The zero-order valence-electron chi connectivity index (χ0n) is 8.47. The maximum Gasteiger partial charge on any atom is 0.209 e. The summed E-state index contributed by atoms with van der Waals surface area (Å²) in [4.78, 5) is 13.2. The summed E-state index contributed by atoms with van der Waals surface area (Å²) in [5.74, 6) is 2.77. The van der Waals surface area contributed by atoms with Crippen LogP contribution in [0.25, 0.3) is 0 Å². The molecule has 0 N–H and O–H groups in total. The number of ketones is 1. The standard InChI is InChI=1S/C11H17NO/c1-10(2)11(13)6-9-12-7-4-3-5-8-12/h10H,3-5,7-8H2,1-2H3. The van der Waals surface area contributed by atoms with Crippen LogP contribution in [-0.2, 0) is 4.79 Å². The first-order chi connectivity index (χ1) is 6.20. The maximum absolute atomic E-state index is 11.2. The first-order valence-electron chi connectivity index (χ1n) is 5.00. The van der Waals surface area contributed by atoms with Crippen LogP contribution in [0.2, 0.25) is 0 Å². The Balaban J connectivity index is 2.40. The fourth-order valence-corrected chi connectivity index (χ4v) is 1.28. The van der Waals surface area contributed by atoms with Crippen molar-refractivity contribution in [1.29, 1.82) is 0 Å². The van der Waals surface area contributed by atoms with Gasteiger partial charge in [-0.05, 0) is 25.2 Å². The molecular weight excluding hydrogens is 162 g/mol. The molecule has 1 rings (SSSR count). The number of Topliss-reactive ketones (excluding diaryl/α,β-unsaturated/α-hetero) is 1. The summed E-state index contributed by atoms with van der Waals surface area (Å²) in [7, 11) is 0. The Kier molecular flexibility index (Phi) is 3.82. The lowest BCUT2D eigenvalue weighted by atomic mass is 10.1. The highest BCUT2D eigenvalue weighted by Crippen LogP contribution is 2.06. The van der Waals surface area contributed by atoms with Gasteiger partial charge in [0.25, 0.3) is 0 Å². The number of hydrogen-bond donors (Lipinski definition) is 0. The van der Waals surface area contributed by atoms with Crippen molar-refractivity contribution in [3.63, 3.8) is 0 Å². The lowest BCUT2D eigenvalue weighted by Crippen LogP contribution is -2.25. The van der Waals surface area contributed by atoms with E-state index in [1.807, 2.05) is 13.8 Å². The van der Waals surface area contributed by atoms with Crippen LogP contribution in [0.1, 0.15) is 33.1 Å². The van der Waals surface area contributed by atoms with Gasteiger partial charge >= 0.3 is 0 Å². The Morgan fingerprint density at radius 1 is 1.23 bits per heavy atom. The molecule has 1 fully saturated rings. The van der Waals surface area contributed by atoms with E-state index in [0.29, 0.717) is 0 Å². The van der Waals surface area contributed by atoms with E-state index in [2.05, 4.69) is 16.9 Å². The molecule has 1 aliphatic heterocycles. The van der Waals surface area contributed by atoms with Crippen LogP contribution in [0, 0.1) is 17.9 Å². The molecule has 0 unspecified atom stereocenters. The van der Waals surface area contributed by atoms with E-state index in [1.165, 1.54) is 19.3 Å². The Morgan fingerprint density at radius 2 is 1.85 bits per heavy atom. The molecule has 0 aliphatic carbocycles. The third-order valence-electron chi connectivity index (χ3n) is 2.22. The Labute approximate surface area is 80.3 Å². The van der Waals surface area contributed by atoms with Gasteiger partial charge in [-0.1, -0.05) is 13.8 Å². The van der Waals surface area contributed by atoms with Gasteiger partial charge in [-0.3, -0.25) is 4.79 Å². The molecule has 0 spiro atoms.